The number of halogens is 1. The van der Waals surface area contributed by atoms with Gasteiger partial charge in [0.05, 0.1) is 0 Å². The van der Waals surface area contributed by atoms with Gasteiger partial charge in [-0.05, 0) is 31.0 Å². The van der Waals surface area contributed by atoms with E-state index in [1.165, 1.54) is 13.1 Å². The summed E-state index contributed by atoms with van der Waals surface area (Å²) in [5, 5.41) is 10.5. The highest BCUT2D eigenvalue weighted by Crippen LogP contribution is 2.32. The molecule has 1 aromatic carbocycles. The lowest BCUT2D eigenvalue weighted by molar-refractivity contribution is 0.269. The highest BCUT2D eigenvalue weighted by atomic mass is 35.5. The van der Waals surface area contributed by atoms with E-state index in [4.69, 9.17) is 11.6 Å². The molecule has 0 radical (unpaired) electrons. The number of fused-ring (bicyclic) bond motifs is 1. The Kier molecular flexibility index (Phi) is 8.23. The van der Waals surface area contributed by atoms with Gasteiger partial charge in [-0.1, -0.05) is 45.4 Å². The second-order valence-corrected chi connectivity index (χ2v) is 6.14. The maximum atomic E-state index is 9.88. The summed E-state index contributed by atoms with van der Waals surface area (Å²) in [5.74, 6) is 1.94. The molecule has 0 amide bonds. The first-order chi connectivity index (χ1) is 10.6. The van der Waals surface area contributed by atoms with Crippen molar-refractivity contribution in [1.82, 2.24) is 9.80 Å². The molecule has 2 saturated heterocycles. The maximum absolute atomic E-state index is 9.88. The van der Waals surface area contributed by atoms with Gasteiger partial charge in [-0.25, -0.2) is 0 Å². The number of rotatable bonds is 2. The van der Waals surface area contributed by atoms with Gasteiger partial charge in [0.25, 0.3) is 0 Å². The molecule has 1 aromatic rings. The average molecular weight is 327 g/mol. The van der Waals surface area contributed by atoms with Gasteiger partial charge in [0.1, 0.15) is 5.75 Å². The number of phenolic OH excluding ortho intramolecular Hbond substituents is 1. The van der Waals surface area contributed by atoms with E-state index in [0.29, 0.717) is 10.8 Å². The van der Waals surface area contributed by atoms with Gasteiger partial charge < -0.3 is 10.0 Å². The van der Waals surface area contributed by atoms with E-state index < -0.39 is 0 Å². The molecular formula is C18H31ClN2O. The molecule has 0 aromatic heterocycles. The third-order valence-electron chi connectivity index (χ3n) is 4.19. The van der Waals surface area contributed by atoms with E-state index in [2.05, 4.69) is 16.8 Å². The Labute approximate surface area is 140 Å². The fourth-order valence-electron chi connectivity index (χ4n) is 3.37. The largest absolute Gasteiger partial charge is 0.508 e. The Balaban J connectivity index is 0.000000561. The summed E-state index contributed by atoms with van der Waals surface area (Å²) in [4.78, 5) is 4.87. The number of nitrogens with zero attached hydrogens (tertiary/aromatic N) is 2. The molecule has 2 heterocycles. The Hall–Kier alpha value is -0.770. The van der Waals surface area contributed by atoms with Crippen LogP contribution in [0.5, 0.6) is 5.75 Å². The van der Waals surface area contributed by atoms with E-state index in [-0.39, 0.29) is 0 Å². The van der Waals surface area contributed by atoms with Gasteiger partial charge in [-0.2, -0.15) is 0 Å². The molecule has 22 heavy (non-hydrogen) atoms. The minimum atomic E-state index is 0.316. The van der Waals surface area contributed by atoms with Crippen molar-refractivity contribution in [2.24, 2.45) is 11.8 Å². The molecule has 2 aliphatic heterocycles. The van der Waals surface area contributed by atoms with Gasteiger partial charge in [0.2, 0.25) is 0 Å². The molecule has 4 heteroatoms. The quantitative estimate of drug-likeness (QED) is 0.886. The topological polar surface area (TPSA) is 26.7 Å². The molecule has 1 N–H and O–H groups in total. The monoisotopic (exact) mass is 326 g/mol. The zero-order valence-corrected chi connectivity index (χ0v) is 15.4. The second-order valence-electron chi connectivity index (χ2n) is 5.71. The van der Waals surface area contributed by atoms with Crippen LogP contribution in [-0.2, 0) is 6.54 Å². The summed E-state index contributed by atoms with van der Waals surface area (Å²) in [5.41, 5.74) is 0.979. The lowest BCUT2D eigenvalue weighted by Crippen LogP contribution is -2.26. The van der Waals surface area contributed by atoms with Crippen molar-refractivity contribution in [3.05, 3.63) is 28.8 Å². The van der Waals surface area contributed by atoms with Crippen LogP contribution in [0.4, 0.5) is 0 Å². The Morgan fingerprint density at radius 1 is 1.05 bits per heavy atom. The van der Waals surface area contributed by atoms with Crippen LogP contribution in [0.3, 0.4) is 0 Å². The Morgan fingerprint density at radius 3 is 2.09 bits per heavy atom. The van der Waals surface area contributed by atoms with Crippen molar-refractivity contribution in [1.29, 1.82) is 0 Å². The zero-order chi connectivity index (χ0) is 16.7. The first-order valence-electron chi connectivity index (χ1n) is 8.50. The lowest BCUT2D eigenvalue weighted by atomic mass is 10.0. The minimum absolute atomic E-state index is 0.316. The van der Waals surface area contributed by atoms with Crippen molar-refractivity contribution >= 4 is 11.6 Å². The maximum Gasteiger partial charge on any atom is 0.121 e. The summed E-state index contributed by atoms with van der Waals surface area (Å²) in [6.45, 7) is 13.6. The highest BCUT2D eigenvalue weighted by Gasteiger charge is 2.38. The van der Waals surface area contributed by atoms with Crippen LogP contribution in [0, 0.1) is 11.8 Å². The normalized spacial score (nSPS) is 24.1. The van der Waals surface area contributed by atoms with Crippen LogP contribution >= 0.6 is 11.6 Å². The van der Waals surface area contributed by atoms with E-state index in [0.717, 1.165) is 37.0 Å². The summed E-state index contributed by atoms with van der Waals surface area (Å²) in [6.07, 6.45) is 0. The number of phenols is 1. The van der Waals surface area contributed by atoms with E-state index in [1.807, 2.05) is 39.8 Å². The van der Waals surface area contributed by atoms with Gasteiger partial charge in [-0.3, -0.25) is 4.90 Å². The van der Waals surface area contributed by atoms with Crippen LogP contribution < -0.4 is 0 Å². The van der Waals surface area contributed by atoms with Crippen LogP contribution in [-0.4, -0.2) is 48.1 Å². The van der Waals surface area contributed by atoms with E-state index in [1.54, 1.807) is 6.07 Å². The average Bonchev–Trinajstić information content (AvgIpc) is 3.03. The van der Waals surface area contributed by atoms with Crippen molar-refractivity contribution in [2.45, 2.75) is 34.2 Å². The number of likely N-dealkylation sites (tertiary alicyclic amines) is 2. The predicted molar refractivity (Wildman–Crippen MR) is 95.6 cm³/mol. The standard InChI is InChI=1S/C14H19ClN2O.2C2H6/c1-16-5-11-8-17(9-12(11)6-16)7-10-2-3-13(15)4-14(10)18;2*1-2/h2-4,11-12,18H,5-9H2,1H3;2*1-2H3. The van der Waals surface area contributed by atoms with Crippen molar-refractivity contribution < 1.29 is 5.11 Å². The molecule has 2 atom stereocenters. The zero-order valence-electron chi connectivity index (χ0n) is 14.6. The first-order valence-corrected chi connectivity index (χ1v) is 8.88. The number of hydrogen-bond acceptors (Lipinski definition) is 3. The molecule has 3 rings (SSSR count). The lowest BCUT2D eigenvalue weighted by Gasteiger charge is -2.19. The van der Waals surface area contributed by atoms with E-state index >= 15 is 0 Å². The minimum Gasteiger partial charge on any atom is -0.508 e. The SMILES string of the molecule is CC.CC.CN1CC2CN(Cc3ccc(Cl)cc3O)CC2C1. The third kappa shape index (κ3) is 4.87. The van der Waals surface area contributed by atoms with Crippen molar-refractivity contribution in [3.8, 4) is 5.75 Å². The molecule has 2 aliphatic rings. The molecule has 0 aliphatic carbocycles. The first kappa shape index (κ1) is 19.3. The number of aromatic hydroxyl groups is 1. The third-order valence-corrected chi connectivity index (χ3v) is 4.42. The summed E-state index contributed by atoms with van der Waals surface area (Å²) in [7, 11) is 2.20. The summed E-state index contributed by atoms with van der Waals surface area (Å²) >= 11 is 5.85. The number of benzene rings is 1. The molecule has 126 valence electrons. The Bertz CT molecular complexity index is 439. The summed E-state index contributed by atoms with van der Waals surface area (Å²) < 4.78 is 0. The van der Waals surface area contributed by atoms with Crippen LogP contribution in [0.25, 0.3) is 0 Å². The molecule has 2 unspecified atom stereocenters. The Morgan fingerprint density at radius 2 is 1.59 bits per heavy atom. The van der Waals surface area contributed by atoms with Gasteiger partial charge >= 0.3 is 0 Å². The molecule has 0 spiro atoms. The smallest absolute Gasteiger partial charge is 0.121 e. The van der Waals surface area contributed by atoms with Crippen LogP contribution in [0.2, 0.25) is 5.02 Å². The molecule has 3 nitrogen and oxygen atoms in total. The molecule has 0 bridgehead atoms. The second kappa shape index (κ2) is 9.39. The van der Waals surface area contributed by atoms with Crippen LogP contribution in [0.1, 0.15) is 33.3 Å². The molecule has 0 saturated carbocycles. The fraction of sp³-hybridized carbons (Fsp3) is 0.667. The fourth-order valence-corrected chi connectivity index (χ4v) is 3.53. The van der Waals surface area contributed by atoms with Gasteiger partial charge in [0.15, 0.2) is 0 Å². The predicted octanol–water partition coefficient (Wildman–Crippen LogP) is 4.09. The van der Waals surface area contributed by atoms with Gasteiger partial charge in [0, 0.05) is 43.3 Å². The highest BCUT2D eigenvalue weighted by molar-refractivity contribution is 6.30. The molecular weight excluding hydrogens is 296 g/mol. The molecule has 2 fully saturated rings. The van der Waals surface area contributed by atoms with Crippen molar-refractivity contribution in [2.75, 3.05) is 33.2 Å². The summed E-state index contributed by atoms with van der Waals surface area (Å²) in [6, 6.07) is 5.40. The van der Waals surface area contributed by atoms with Gasteiger partial charge in [-0.15, -0.1) is 0 Å². The van der Waals surface area contributed by atoms with Crippen molar-refractivity contribution in [3.63, 3.8) is 0 Å². The number of hydrogen-bond donors (Lipinski definition) is 1. The van der Waals surface area contributed by atoms with E-state index in [9.17, 15) is 5.11 Å². The van der Waals surface area contributed by atoms with Crippen LogP contribution in [0.15, 0.2) is 18.2 Å².